The van der Waals surface area contributed by atoms with Gasteiger partial charge in [-0.1, -0.05) is 43.3 Å². The molecular formula is C31H26N6O4. The zero-order chi connectivity index (χ0) is 28.2. The number of aromatic amines is 1. The van der Waals surface area contributed by atoms with Gasteiger partial charge >= 0.3 is 5.97 Å². The molecule has 6 rings (SSSR count). The fourth-order valence-electron chi connectivity index (χ4n) is 4.56. The van der Waals surface area contributed by atoms with Gasteiger partial charge in [0.15, 0.2) is 5.82 Å². The van der Waals surface area contributed by atoms with E-state index in [9.17, 15) is 9.59 Å². The molecule has 1 N–H and O–H groups in total. The fourth-order valence-corrected chi connectivity index (χ4v) is 4.56. The number of carbonyl (C=O) groups excluding carboxylic acids is 1. The van der Waals surface area contributed by atoms with Crippen molar-refractivity contribution in [3.63, 3.8) is 0 Å². The summed E-state index contributed by atoms with van der Waals surface area (Å²) < 4.78 is 13.0. The molecule has 10 nitrogen and oxygen atoms in total. The molecule has 0 aliphatic heterocycles. The molecule has 0 atom stereocenters. The van der Waals surface area contributed by atoms with E-state index in [1.54, 1.807) is 28.9 Å². The van der Waals surface area contributed by atoms with Crippen LogP contribution in [0.1, 0.15) is 31.0 Å². The van der Waals surface area contributed by atoms with Crippen LogP contribution in [-0.2, 0) is 17.9 Å². The van der Waals surface area contributed by atoms with Gasteiger partial charge in [0, 0.05) is 22.7 Å². The number of nitrogens with one attached hydrogen (secondary N) is 1. The second-order valence-electron chi connectivity index (χ2n) is 9.58. The van der Waals surface area contributed by atoms with Gasteiger partial charge in [-0.2, -0.15) is 0 Å². The number of pyridine rings is 2. The van der Waals surface area contributed by atoms with E-state index in [-0.39, 0.29) is 11.5 Å². The Morgan fingerprint density at radius 2 is 1.83 bits per heavy atom. The first-order valence-electron chi connectivity index (χ1n) is 13.3. The van der Waals surface area contributed by atoms with Crippen LogP contribution in [0.25, 0.3) is 33.2 Å². The van der Waals surface area contributed by atoms with E-state index in [2.05, 4.69) is 25.5 Å². The summed E-state index contributed by atoms with van der Waals surface area (Å²) in [5, 5.41) is 13.8. The number of H-pyrrole nitrogens is 1. The monoisotopic (exact) mass is 546 g/mol. The Kier molecular flexibility index (Phi) is 7.19. The van der Waals surface area contributed by atoms with Crippen molar-refractivity contribution in [2.24, 2.45) is 0 Å². The molecule has 3 aromatic heterocycles. The molecule has 0 unspecified atom stereocenters. The number of hydrogen-bond acceptors (Lipinski definition) is 8. The van der Waals surface area contributed by atoms with Gasteiger partial charge in [-0.15, -0.1) is 5.10 Å². The van der Waals surface area contributed by atoms with E-state index in [1.807, 2.05) is 67.6 Å². The summed E-state index contributed by atoms with van der Waals surface area (Å²) >= 11 is 0. The van der Waals surface area contributed by atoms with Crippen LogP contribution in [0.4, 0.5) is 0 Å². The molecule has 0 radical (unpaired) electrons. The van der Waals surface area contributed by atoms with E-state index in [1.165, 1.54) is 0 Å². The normalized spacial score (nSPS) is 11.1. The second kappa shape index (κ2) is 11.4. The summed E-state index contributed by atoms with van der Waals surface area (Å²) in [6.07, 6.45) is 1.03. The average Bonchev–Trinajstić information content (AvgIpc) is 3.43. The molecule has 0 amide bonds. The highest BCUT2D eigenvalue weighted by Crippen LogP contribution is 2.24. The number of ether oxygens (including phenoxy) is 2. The first-order chi connectivity index (χ1) is 20.1. The van der Waals surface area contributed by atoms with Crippen LogP contribution in [0, 0.1) is 0 Å². The molecule has 0 bridgehead atoms. The predicted molar refractivity (Wildman–Crippen MR) is 154 cm³/mol. The molecule has 6 aromatic rings. The number of para-hydroxylation sites is 1. The first-order valence-corrected chi connectivity index (χ1v) is 13.3. The Morgan fingerprint density at radius 1 is 0.927 bits per heavy atom. The third kappa shape index (κ3) is 5.81. The number of benzene rings is 3. The highest BCUT2D eigenvalue weighted by atomic mass is 16.5. The van der Waals surface area contributed by atoms with Crippen LogP contribution in [-0.4, -0.2) is 36.1 Å². The molecule has 10 heteroatoms. The minimum atomic E-state index is -0.329. The predicted octanol–water partition coefficient (Wildman–Crippen LogP) is 5.06. The molecule has 0 spiro atoms. The smallest absolute Gasteiger partial charge is 0.311 e. The van der Waals surface area contributed by atoms with E-state index in [0.717, 1.165) is 22.2 Å². The van der Waals surface area contributed by atoms with E-state index < -0.39 is 0 Å². The lowest BCUT2D eigenvalue weighted by molar-refractivity contribution is -0.134. The highest BCUT2D eigenvalue weighted by Gasteiger charge is 2.15. The molecule has 3 aromatic carbocycles. The van der Waals surface area contributed by atoms with Crippen LogP contribution in [0.5, 0.6) is 11.5 Å². The van der Waals surface area contributed by atoms with E-state index in [0.29, 0.717) is 59.8 Å². The van der Waals surface area contributed by atoms with Crippen molar-refractivity contribution in [1.82, 2.24) is 30.2 Å². The Balaban J connectivity index is 1.21. The number of tetrazole rings is 1. The third-order valence-corrected chi connectivity index (χ3v) is 6.55. The van der Waals surface area contributed by atoms with Crippen LogP contribution < -0.4 is 15.0 Å². The molecule has 0 saturated heterocycles. The van der Waals surface area contributed by atoms with Crippen LogP contribution in [0.15, 0.2) is 89.7 Å². The van der Waals surface area contributed by atoms with Gasteiger partial charge < -0.3 is 14.5 Å². The number of fused-ring (bicyclic) bond motifs is 2. The lowest BCUT2D eigenvalue weighted by Gasteiger charge is -2.10. The maximum atomic E-state index is 13.0. The van der Waals surface area contributed by atoms with Crippen molar-refractivity contribution in [3.8, 4) is 22.9 Å². The number of carbonyl (C=O) groups is 1. The van der Waals surface area contributed by atoms with Crippen molar-refractivity contribution in [2.45, 2.75) is 32.9 Å². The molecule has 0 aliphatic carbocycles. The van der Waals surface area contributed by atoms with Crippen molar-refractivity contribution in [1.29, 1.82) is 0 Å². The number of esters is 1. The maximum absolute atomic E-state index is 13.0. The van der Waals surface area contributed by atoms with Gasteiger partial charge in [0.1, 0.15) is 18.1 Å². The maximum Gasteiger partial charge on any atom is 0.311 e. The molecule has 0 fully saturated rings. The zero-order valence-corrected chi connectivity index (χ0v) is 22.3. The molecular weight excluding hydrogens is 520 g/mol. The fraction of sp³-hybridized carbons (Fsp3) is 0.161. The Hall–Kier alpha value is -5.38. The van der Waals surface area contributed by atoms with Gasteiger partial charge in [0.2, 0.25) is 0 Å². The van der Waals surface area contributed by atoms with E-state index >= 15 is 0 Å². The highest BCUT2D eigenvalue weighted by molar-refractivity contribution is 5.84. The quantitative estimate of drug-likeness (QED) is 0.197. The largest absolute Gasteiger partial charge is 0.487 e. The number of nitrogens with zero attached hydrogens (tertiary/aromatic N) is 5. The van der Waals surface area contributed by atoms with Crippen LogP contribution in [0.2, 0.25) is 0 Å². The topological polar surface area (TPSA) is 125 Å². The molecule has 0 saturated carbocycles. The standard InChI is InChI=1S/C31H26N6O4/c1-2-6-29(38)41-25-13-14-28-22(16-25)17-26(31(39)33-28)30-34-35-36-37(30)18-20-7-5-9-24(15-20)40-19-23-12-11-21-8-3-4-10-27(21)32-23/h3-5,7-17H,2,6,18-19H2,1H3,(H,33,39). The Bertz CT molecular complexity index is 1930. The summed E-state index contributed by atoms with van der Waals surface area (Å²) in [6.45, 7) is 2.56. The van der Waals surface area contributed by atoms with Crippen LogP contribution >= 0.6 is 0 Å². The summed E-state index contributed by atoms with van der Waals surface area (Å²) in [4.78, 5) is 32.4. The van der Waals surface area contributed by atoms with E-state index in [4.69, 9.17) is 9.47 Å². The van der Waals surface area contributed by atoms with Crippen molar-refractivity contribution < 1.29 is 14.3 Å². The number of hydrogen-bond donors (Lipinski definition) is 1. The van der Waals surface area contributed by atoms with Gasteiger partial charge in [-0.05, 0) is 70.9 Å². The molecule has 0 aliphatic rings. The summed E-state index contributed by atoms with van der Waals surface area (Å²) in [5.41, 5.74) is 3.23. The number of aromatic nitrogens is 6. The zero-order valence-electron chi connectivity index (χ0n) is 22.3. The second-order valence-corrected chi connectivity index (χ2v) is 9.58. The summed E-state index contributed by atoms with van der Waals surface area (Å²) in [5.74, 6) is 1.10. The number of rotatable bonds is 9. The van der Waals surface area contributed by atoms with Gasteiger partial charge in [-0.3, -0.25) is 9.59 Å². The molecule has 41 heavy (non-hydrogen) atoms. The Labute approximate surface area is 234 Å². The average molecular weight is 547 g/mol. The molecule has 204 valence electrons. The third-order valence-electron chi connectivity index (χ3n) is 6.55. The van der Waals surface area contributed by atoms with Crippen LogP contribution in [0.3, 0.4) is 0 Å². The minimum absolute atomic E-state index is 0.300. The SMILES string of the molecule is CCCC(=O)Oc1ccc2[nH]c(=O)c(-c3nnnn3Cc3cccc(OCc4ccc5ccccc5n4)c3)cc2c1. The first kappa shape index (κ1) is 25.9. The van der Waals surface area contributed by atoms with Gasteiger partial charge in [0.05, 0.1) is 23.3 Å². The van der Waals surface area contributed by atoms with Crippen molar-refractivity contribution in [3.05, 3.63) is 107 Å². The van der Waals surface area contributed by atoms with Crippen molar-refractivity contribution in [2.75, 3.05) is 0 Å². The van der Waals surface area contributed by atoms with Gasteiger partial charge in [-0.25, -0.2) is 9.67 Å². The van der Waals surface area contributed by atoms with Gasteiger partial charge in [0.25, 0.3) is 5.56 Å². The van der Waals surface area contributed by atoms with Crippen molar-refractivity contribution >= 4 is 27.8 Å². The minimum Gasteiger partial charge on any atom is -0.487 e. The Morgan fingerprint density at radius 3 is 2.73 bits per heavy atom. The molecule has 3 heterocycles. The summed E-state index contributed by atoms with van der Waals surface area (Å²) in [7, 11) is 0. The lowest BCUT2D eigenvalue weighted by atomic mass is 10.1. The lowest BCUT2D eigenvalue weighted by Crippen LogP contribution is -2.13. The summed E-state index contributed by atoms with van der Waals surface area (Å²) in [6, 6.07) is 26.3.